The van der Waals surface area contributed by atoms with Gasteiger partial charge in [0, 0.05) is 75.3 Å². The van der Waals surface area contributed by atoms with Gasteiger partial charge in [-0.2, -0.15) is 26.3 Å². The minimum atomic E-state index is -5.72. The van der Waals surface area contributed by atoms with Gasteiger partial charge in [0.2, 0.25) is 5.78 Å². The lowest BCUT2D eigenvalue weighted by molar-refractivity contribution is -0.384. The highest BCUT2D eigenvalue weighted by molar-refractivity contribution is 7.19. The van der Waals surface area contributed by atoms with Crippen LogP contribution in [0.3, 0.4) is 0 Å². The SMILES string of the molecule is Cc1sc2ccccc2c1C1=C(c2c(C)sc3cc(C(=O)c4cc5cc([N+](=O)[O-])ccc5o4)ccc23)C(F)(F)C(F)(F)C1(F)F. The van der Waals surface area contributed by atoms with Crippen LogP contribution in [0, 0.1) is 24.0 Å². The number of ketones is 1. The molecular weight excluding hydrogens is 640 g/mol. The van der Waals surface area contributed by atoms with E-state index < -0.39 is 45.2 Å². The number of fused-ring (bicyclic) bond motifs is 3. The van der Waals surface area contributed by atoms with Crippen molar-refractivity contribution in [3.8, 4) is 0 Å². The summed E-state index contributed by atoms with van der Waals surface area (Å²) in [5.41, 5.74) is -3.56. The van der Waals surface area contributed by atoms with Crippen LogP contribution in [0.2, 0.25) is 0 Å². The van der Waals surface area contributed by atoms with Crippen molar-refractivity contribution in [3.63, 3.8) is 0 Å². The maximum Gasteiger partial charge on any atom is 0.380 e. The second-order valence-electron chi connectivity index (χ2n) is 10.7. The van der Waals surface area contributed by atoms with Gasteiger partial charge in [-0.15, -0.1) is 22.7 Å². The zero-order chi connectivity index (χ0) is 32.2. The van der Waals surface area contributed by atoms with E-state index in [2.05, 4.69) is 0 Å². The molecule has 0 saturated carbocycles. The van der Waals surface area contributed by atoms with Crippen LogP contribution in [0.4, 0.5) is 32.0 Å². The molecule has 0 bridgehead atoms. The number of nitro groups is 1. The number of hydrogen-bond acceptors (Lipinski definition) is 6. The minimum Gasteiger partial charge on any atom is -0.453 e. The Balaban J connectivity index is 1.42. The molecule has 0 aliphatic heterocycles. The van der Waals surface area contributed by atoms with Crippen molar-refractivity contribution in [2.45, 2.75) is 31.6 Å². The molecular formula is C32H17F6NO4S2. The summed E-state index contributed by atoms with van der Waals surface area (Å²) in [5.74, 6) is -16.9. The number of rotatable bonds is 5. The largest absolute Gasteiger partial charge is 0.453 e. The standard InChI is InChI=1S/C32H17F6NO4S2/c1-14-25(19-5-3-4-6-23(19)44-14)27-28(31(35,36)32(37,38)30(27,33)34)26-15(2)45-24-13-16(7-9-20(24)26)29(40)22-12-17-11-18(39(41)42)8-10-21(17)43-22/h3-13H,1-2H3. The predicted molar refractivity (Wildman–Crippen MR) is 161 cm³/mol. The summed E-state index contributed by atoms with van der Waals surface area (Å²) in [6, 6.07) is 15.2. The van der Waals surface area contributed by atoms with Gasteiger partial charge in [-0.05, 0) is 38.1 Å². The zero-order valence-corrected chi connectivity index (χ0v) is 24.6. The van der Waals surface area contributed by atoms with Crippen LogP contribution in [0.5, 0.6) is 0 Å². The number of furan rings is 1. The van der Waals surface area contributed by atoms with Crippen molar-refractivity contribution in [1.29, 1.82) is 0 Å². The van der Waals surface area contributed by atoms with Gasteiger partial charge in [0.15, 0.2) is 5.76 Å². The van der Waals surface area contributed by atoms with Gasteiger partial charge in [0.1, 0.15) is 5.58 Å². The van der Waals surface area contributed by atoms with E-state index in [1.807, 2.05) is 0 Å². The van der Waals surface area contributed by atoms with Crippen LogP contribution in [0.25, 0.3) is 42.3 Å². The second kappa shape index (κ2) is 9.51. The first-order valence-corrected chi connectivity index (χ1v) is 14.9. The molecule has 7 rings (SSSR count). The molecule has 0 radical (unpaired) electrons. The number of allylic oxidation sites excluding steroid dienone is 2. The molecule has 3 aromatic heterocycles. The highest BCUT2D eigenvalue weighted by atomic mass is 32.1. The van der Waals surface area contributed by atoms with Crippen LogP contribution in [0.1, 0.15) is 37.0 Å². The van der Waals surface area contributed by atoms with Crippen LogP contribution in [-0.2, 0) is 0 Å². The van der Waals surface area contributed by atoms with Crippen LogP contribution >= 0.6 is 22.7 Å². The zero-order valence-electron chi connectivity index (χ0n) is 23.0. The summed E-state index contributed by atoms with van der Waals surface area (Å²) < 4.78 is 99.4. The van der Waals surface area contributed by atoms with E-state index in [1.54, 1.807) is 12.1 Å². The van der Waals surface area contributed by atoms with Crippen molar-refractivity contribution in [3.05, 3.63) is 109 Å². The van der Waals surface area contributed by atoms with E-state index >= 15 is 26.3 Å². The molecule has 45 heavy (non-hydrogen) atoms. The quantitative estimate of drug-likeness (QED) is 0.0801. The average Bonchev–Trinajstić information content (AvgIpc) is 3.67. The molecule has 3 aromatic carbocycles. The number of nitro benzene ring substituents is 1. The van der Waals surface area contributed by atoms with E-state index in [0.717, 1.165) is 22.7 Å². The number of non-ortho nitro benzene ring substituents is 1. The minimum absolute atomic E-state index is 0.00661. The number of benzene rings is 3. The van der Waals surface area contributed by atoms with Crippen molar-refractivity contribution in [2.24, 2.45) is 0 Å². The smallest absolute Gasteiger partial charge is 0.380 e. The Morgan fingerprint density at radius 3 is 2.02 bits per heavy atom. The Hall–Kier alpha value is -4.49. The summed E-state index contributed by atoms with van der Waals surface area (Å²) in [6.45, 7) is 2.81. The van der Waals surface area contributed by atoms with Crippen molar-refractivity contribution in [2.75, 3.05) is 0 Å². The molecule has 0 unspecified atom stereocenters. The Morgan fingerprint density at radius 2 is 1.38 bits per heavy atom. The third kappa shape index (κ3) is 3.96. The highest BCUT2D eigenvalue weighted by Crippen LogP contribution is 2.67. The first-order chi connectivity index (χ1) is 21.1. The number of hydrogen-bond donors (Lipinski definition) is 0. The number of aryl methyl sites for hydroxylation is 2. The molecule has 228 valence electrons. The topological polar surface area (TPSA) is 73.3 Å². The third-order valence-corrected chi connectivity index (χ3v) is 10.2. The molecule has 6 aromatic rings. The van der Waals surface area contributed by atoms with E-state index in [0.29, 0.717) is 10.1 Å². The molecule has 5 nitrogen and oxygen atoms in total. The molecule has 3 heterocycles. The van der Waals surface area contributed by atoms with E-state index in [-0.39, 0.29) is 53.4 Å². The summed E-state index contributed by atoms with van der Waals surface area (Å²) in [7, 11) is 0. The maximum absolute atomic E-state index is 15.7. The van der Waals surface area contributed by atoms with Crippen molar-refractivity contribution < 1.29 is 40.5 Å². The average molecular weight is 658 g/mol. The second-order valence-corrected chi connectivity index (χ2v) is 13.2. The van der Waals surface area contributed by atoms with Gasteiger partial charge in [0.05, 0.1) is 4.92 Å². The lowest BCUT2D eigenvalue weighted by Gasteiger charge is -2.26. The van der Waals surface area contributed by atoms with Crippen molar-refractivity contribution >= 4 is 76.4 Å². The Bertz CT molecular complexity index is 2300. The van der Waals surface area contributed by atoms with Gasteiger partial charge >= 0.3 is 17.8 Å². The summed E-state index contributed by atoms with van der Waals surface area (Å²) >= 11 is 1.94. The number of carbonyl (C=O) groups is 1. The maximum atomic E-state index is 15.7. The predicted octanol–water partition coefficient (Wildman–Crippen LogP) is 10.4. The van der Waals surface area contributed by atoms with Crippen LogP contribution in [0.15, 0.2) is 71.1 Å². The molecule has 0 N–H and O–H groups in total. The number of halogens is 6. The summed E-state index contributed by atoms with van der Waals surface area (Å²) in [5, 5.41) is 11.6. The lowest BCUT2D eigenvalue weighted by Crippen LogP contribution is -2.48. The lowest BCUT2D eigenvalue weighted by atomic mass is 9.91. The van der Waals surface area contributed by atoms with Gasteiger partial charge in [-0.1, -0.05) is 30.3 Å². The summed E-state index contributed by atoms with van der Waals surface area (Å²) in [6.07, 6.45) is 0. The molecule has 0 amide bonds. The van der Waals surface area contributed by atoms with Crippen LogP contribution < -0.4 is 0 Å². The summed E-state index contributed by atoms with van der Waals surface area (Å²) in [4.78, 5) is 24.1. The molecule has 13 heteroatoms. The fourth-order valence-corrected chi connectivity index (χ4v) is 8.12. The number of carbonyl (C=O) groups excluding carboxylic acids is 1. The Morgan fingerprint density at radius 1 is 0.778 bits per heavy atom. The van der Waals surface area contributed by atoms with Crippen molar-refractivity contribution in [1.82, 2.24) is 0 Å². The normalized spacial score (nSPS) is 17.2. The first-order valence-electron chi connectivity index (χ1n) is 13.3. The molecule has 1 aliphatic carbocycles. The highest BCUT2D eigenvalue weighted by Gasteiger charge is 2.80. The van der Waals surface area contributed by atoms with E-state index in [1.165, 1.54) is 68.4 Å². The monoisotopic (exact) mass is 657 g/mol. The number of nitrogens with zero attached hydrogens (tertiary/aromatic N) is 1. The number of alkyl halides is 6. The fourth-order valence-electron chi connectivity index (χ4n) is 5.94. The van der Waals surface area contributed by atoms with Gasteiger partial charge in [-0.3, -0.25) is 14.9 Å². The Kier molecular flexibility index (Phi) is 6.18. The van der Waals surface area contributed by atoms with Crippen LogP contribution in [-0.4, -0.2) is 28.5 Å². The molecule has 1 aliphatic rings. The van der Waals surface area contributed by atoms with Gasteiger partial charge in [-0.25, -0.2) is 0 Å². The van der Waals surface area contributed by atoms with Gasteiger partial charge < -0.3 is 4.42 Å². The molecule has 0 spiro atoms. The van der Waals surface area contributed by atoms with Gasteiger partial charge in [0.25, 0.3) is 5.69 Å². The number of thiophene rings is 2. The molecule has 0 atom stereocenters. The van der Waals surface area contributed by atoms with E-state index in [4.69, 9.17) is 4.42 Å². The third-order valence-electron chi connectivity index (χ3n) is 8.00. The fraction of sp³-hybridized carbons (Fsp3) is 0.156. The Labute approximate surface area is 257 Å². The molecule has 0 fully saturated rings. The molecule has 0 saturated heterocycles. The first kappa shape index (κ1) is 29.2. The van der Waals surface area contributed by atoms with E-state index in [9.17, 15) is 14.9 Å².